The maximum atomic E-state index is 12.6. The average molecular weight is 380 g/mol. The van der Waals surface area contributed by atoms with E-state index in [1.807, 2.05) is 29.9 Å². The molecule has 3 aromatic rings. The van der Waals surface area contributed by atoms with E-state index in [9.17, 15) is 4.79 Å². The van der Waals surface area contributed by atoms with Crippen LogP contribution in [0.25, 0.3) is 22.6 Å². The Kier molecular flexibility index (Phi) is 5.21. The standard InChI is InChI=1S/C20H24N6O2/c1-25-17(5-6-24-25)19-22-10-16(11-23-19)15-9-18(20(27)21-7-8-28-2)26(13-15)12-14-3-4-14/h5-6,9-11,13-14H,3-4,7-8,12H2,1-2H3,(H,21,27). The lowest BCUT2D eigenvalue weighted by atomic mass is 10.2. The summed E-state index contributed by atoms with van der Waals surface area (Å²) < 4.78 is 8.80. The molecule has 3 aromatic heterocycles. The molecular weight excluding hydrogens is 356 g/mol. The van der Waals surface area contributed by atoms with Gasteiger partial charge in [0, 0.05) is 63.2 Å². The van der Waals surface area contributed by atoms with Gasteiger partial charge in [-0.1, -0.05) is 0 Å². The van der Waals surface area contributed by atoms with Crippen LogP contribution >= 0.6 is 0 Å². The van der Waals surface area contributed by atoms with Crippen LogP contribution in [-0.4, -0.2) is 50.5 Å². The SMILES string of the molecule is COCCNC(=O)c1cc(-c2cnc(-c3ccnn3C)nc2)cn1CC1CC1. The first-order chi connectivity index (χ1) is 13.7. The van der Waals surface area contributed by atoms with E-state index >= 15 is 0 Å². The Morgan fingerprint density at radius 1 is 1.29 bits per heavy atom. The molecular formula is C20H24N6O2. The smallest absolute Gasteiger partial charge is 0.268 e. The Labute approximate surface area is 163 Å². The third-order valence-electron chi connectivity index (χ3n) is 4.91. The zero-order chi connectivity index (χ0) is 19.5. The Bertz CT molecular complexity index is 955. The number of methoxy groups -OCH3 is 1. The normalized spacial score (nSPS) is 13.6. The molecule has 146 valence electrons. The van der Waals surface area contributed by atoms with Crippen molar-refractivity contribution in [1.82, 2.24) is 29.6 Å². The van der Waals surface area contributed by atoms with Crippen molar-refractivity contribution in [3.8, 4) is 22.6 Å². The molecule has 1 amide bonds. The van der Waals surface area contributed by atoms with E-state index in [1.54, 1.807) is 30.4 Å². The van der Waals surface area contributed by atoms with Crippen molar-refractivity contribution in [3.63, 3.8) is 0 Å². The van der Waals surface area contributed by atoms with Gasteiger partial charge in [0.25, 0.3) is 5.91 Å². The Balaban J connectivity index is 1.58. The highest BCUT2D eigenvalue weighted by molar-refractivity contribution is 5.94. The summed E-state index contributed by atoms with van der Waals surface area (Å²) in [6.07, 6.45) is 9.77. The van der Waals surface area contributed by atoms with Crippen LogP contribution in [0.15, 0.2) is 36.9 Å². The highest BCUT2D eigenvalue weighted by Crippen LogP contribution is 2.32. The van der Waals surface area contributed by atoms with Crippen LogP contribution < -0.4 is 5.32 Å². The Morgan fingerprint density at radius 3 is 2.71 bits per heavy atom. The number of nitrogens with one attached hydrogen (secondary N) is 1. The van der Waals surface area contributed by atoms with Crippen molar-refractivity contribution < 1.29 is 9.53 Å². The fourth-order valence-corrected chi connectivity index (χ4v) is 3.15. The van der Waals surface area contributed by atoms with E-state index in [4.69, 9.17) is 4.74 Å². The van der Waals surface area contributed by atoms with Crippen molar-refractivity contribution >= 4 is 5.91 Å². The maximum absolute atomic E-state index is 12.6. The molecule has 1 aliphatic rings. The van der Waals surface area contributed by atoms with E-state index in [1.165, 1.54) is 12.8 Å². The van der Waals surface area contributed by atoms with Crippen LogP contribution in [0.3, 0.4) is 0 Å². The first kappa shape index (κ1) is 18.4. The van der Waals surface area contributed by atoms with E-state index in [0.717, 1.165) is 23.4 Å². The highest BCUT2D eigenvalue weighted by Gasteiger charge is 2.24. The zero-order valence-electron chi connectivity index (χ0n) is 16.1. The van der Waals surface area contributed by atoms with E-state index in [-0.39, 0.29) is 5.91 Å². The molecule has 0 aromatic carbocycles. The topological polar surface area (TPSA) is 86.9 Å². The number of hydrogen-bond acceptors (Lipinski definition) is 5. The predicted molar refractivity (Wildman–Crippen MR) is 105 cm³/mol. The van der Waals surface area contributed by atoms with E-state index in [2.05, 4.69) is 20.4 Å². The van der Waals surface area contributed by atoms with Gasteiger partial charge in [0.15, 0.2) is 5.82 Å². The molecule has 0 spiro atoms. The number of amides is 1. The number of aryl methyl sites for hydroxylation is 1. The maximum Gasteiger partial charge on any atom is 0.268 e. The van der Waals surface area contributed by atoms with Crippen molar-refractivity contribution in [2.75, 3.05) is 20.3 Å². The fraction of sp³-hybridized carbons (Fsp3) is 0.400. The molecule has 3 heterocycles. The molecule has 28 heavy (non-hydrogen) atoms. The summed E-state index contributed by atoms with van der Waals surface area (Å²) in [6.45, 7) is 1.84. The van der Waals surface area contributed by atoms with Gasteiger partial charge in [-0.2, -0.15) is 5.10 Å². The molecule has 0 atom stereocenters. The largest absolute Gasteiger partial charge is 0.383 e. The van der Waals surface area contributed by atoms with Crippen molar-refractivity contribution in [2.24, 2.45) is 13.0 Å². The van der Waals surface area contributed by atoms with Crippen LogP contribution in [0.1, 0.15) is 23.3 Å². The molecule has 8 nitrogen and oxygen atoms in total. The monoisotopic (exact) mass is 380 g/mol. The van der Waals surface area contributed by atoms with Crippen molar-refractivity contribution in [1.29, 1.82) is 0 Å². The third-order valence-corrected chi connectivity index (χ3v) is 4.91. The third kappa shape index (κ3) is 3.96. The summed E-state index contributed by atoms with van der Waals surface area (Å²) in [6, 6.07) is 3.79. The van der Waals surface area contributed by atoms with Gasteiger partial charge < -0.3 is 14.6 Å². The number of carbonyl (C=O) groups is 1. The minimum atomic E-state index is -0.0867. The molecule has 1 N–H and O–H groups in total. The lowest BCUT2D eigenvalue weighted by Crippen LogP contribution is -2.29. The molecule has 1 fully saturated rings. The summed E-state index contributed by atoms with van der Waals surface area (Å²) in [5.74, 6) is 1.20. The molecule has 8 heteroatoms. The summed E-state index contributed by atoms with van der Waals surface area (Å²) >= 11 is 0. The summed E-state index contributed by atoms with van der Waals surface area (Å²) in [4.78, 5) is 21.6. The first-order valence-electron chi connectivity index (χ1n) is 9.44. The number of nitrogens with zero attached hydrogens (tertiary/aromatic N) is 5. The average Bonchev–Trinajstić information content (AvgIpc) is 3.25. The van der Waals surface area contributed by atoms with Gasteiger partial charge in [-0.25, -0.2) is 9.97 Å². The van der Waals surface area contributed by atoms with Crippen LogP contribution in [0.5, 0.6) is 0 Å². The van der Waals surface area contributed by atoms with E-state index in [0.29, 0.717) is 30.6 Å². The minimum absolute atomic E-state index is 0.0867. The highest BCUT2D eigenvalue weighted by atomic mass is 16.5. The lowest BCUT2D eigenvalue weighted by molar-refractivity contribution is 0.0927. The predicted octanol–water partition coefficient (Wildman–Crippen LogP) is 2.13. The van der Waals surface area contributed by atoms with Crippen molar-refractivity contribution in [3.05, 3.63) is 42.6 Å². The second-order valence-electron chi connectivity index (χ2n) is 7.09. The van der Waals surface area contributed by atoms with Gasteiger partial charge in [0.1, 0.15) is 11.4 Å². The molecule has 0 saturated heterocycles. The molecule has 0 radical (unpaired) electrons. The molecule has 4 rings (SSSR count). The second kappa shape index (κ2) is 7.93. The van der Waals surface area contributed by atoms with Crippen LogP contribution in [0.4, 0.5) is 0 Å². The number of hydrogen-bond donors (Lipinski definition) is 1. The zero-order valence-corrected chi connectivity index (χ0v) is 16.1. The van der Waals surface area contributed by atoms with Gasteiger partial charge in [-0.15, -0.1) is 0 Å². The second-order valence-corrected chi connectivity index (χ2v) is 7.09. The molecule has 1 aliphatic carbocycles. The first-order valence-corrected chi connectivity index (χ1v) is 9.44. The van der Waals surface area contributed by atoms with Gasteiger partial charge >= 0.3 is 0 Å². The molecule has 0 unspecified atom stereocenters. The number of aromatic nitrogens is 5. The number of carbonyl (C=O) groups excluding carboxylic acids is 1. The number of ether oxygens (including phenoxy) is 1. The number of rotatable bonds is 8. The molecule has 0 aliphatic heterocycles. The summed E-state index contributed by atoms with van der Waals surface area (Å²) in [7, 11) is 3.48. The molecule has 0 bridgehead atoms. The van der Waals surface area contributed by atoms with E-state index < -0.39 is 0 Å². The summed E-state index contributed by atoms with van der Waals surface area (Å²) in [5.41, 5.74) is 3.34. The van der Waals surface area contributed by atoms with Crippen molar-refractivity contribution in [2.45, 2.75) is 19.4 Å². The van der Waals surface area contributed by atoms with Crippen LogP contribution in [0, 0.1) is 5.92 Å². The van der Waals surface area contributed by atoms with Gasteiger partial charge in [-0.3, -0.25) is 9.48 Å². The Hall–Kier alpha value is -3.00. The molecule has 1 saturated carbocycles. The quantitative estimate of drug-likeness (QED) is 0.605. The van der Waals surface area contributed by atoms with Gasteiger partial charge in [-0.05, 0) is 30.9 Å². The fourth-order valence-electron chi connectivity index (χ4n) is 3.15. The van der Waals surface area contributed by atoms with Crippen LogP contribution in [-0.2, 0) is 18.3 Å². The summed E-state index contributed by atoms with van der Waals surface area (Å²) in [5, 5.41) is 7.06. The van der Waals surface area contributed by atoms with Gasteiger partial charge in [0.2, 0.25) is 0 Å². The minimum Gasteiger partial charge on any atom is -0.383 e. The van der Waals surface area contributed by atoms with Gasteiger partial charge in [0.05, 0.1) is 6.61 Å². The lowest BCUT2D eigenvalue weighted by Gasteiger charge is -2.08. The Morgan fingerprint density at radius 2 is 2.07 bits per heavy atom. The van der Waals surface area contributed by atoms with Crippen LogP contribution in [0.2, 0.25) is 0 Å².